The van der Waals surface area contributed by atoms with Crippen molar-refractivity contribution in [1.29, 1.82) is 0 Å². The van der Waals surface area contributed by atoms with Crippen LogP contribution in [0.2, 0.25) is 0 Å². The van der Waals surface area contributed by atoms with Gasteiger partial charge in [-0.1, -0.05) is 26.7 Å². The Balaban J connectivity index is 1.80. The van der Waals surface area contributed by atoms with Crippen LogP contribution in [0.4, 0.5) is 99.2 Å². The lowest BCUT2D eigenvalue weighted by Gasteiger charge is -2.45. The summed E-state index contributed by atoms with van der Waals surface area (Å²) in [6, 6.07) is -0.0668. The molecule has 2 aliphatic carbocycles. The van der Waals surface area contributed by atoms with Gasteiger partial charge in [0.2, 0.25) is 0 Å². The first-order valence-corrected chi connectivity index (χ1v) is 16.7. The molecule has 22 heteroatoms. The van der Waals surface area contributed by atoms with Gasteiger partial charge in [0.05, 0.1) is 0 Å². The van der Waals surface area contributed by atoms with E-state index >= 15 is 17.6 Å². The van der Waals surface area contributed by atoms with E-state index in [1.165, 1.54) is 13.8 Å². The summed E-state index contributed by atoms with van der Waals surface area (Å²) in [4.78, 5) is 0. The molecular formula is C34H32F20N2. The van der Waals surface area contributed by atoms with E-state index in [4.69, 9.17) is 11.5 Å². The van der Waals surface area contributed by atoms with E-state index in [0.29, 0.717) is 0 Å². The normalized spacial score (nSPS) is 17.5. The second kappa shape index (κ2) is 13.6. The molecule has 0 aromatic heterocycles. The van der Waals surface area contributed by atoms with Gasteiger partial charge in [-0.3, -0.25) is 0 Å². The molecule has 0 heterocycles. The van der Waals surface area contributed by atoms with Gasteiger partial charge in [0.15, 0.2) is 0 Å². The molecule has 2 nitrogen and oxygen atoms in total. The van der Waals surface area contributed by atoms with Crippen molar-refractivity contribution in [3.8, 4) is 0 Å². The summed E-state index contributed by atoms with van der Waals surface area (Å²) in [6.07, 6.45) is -0.0931. The fraction of sp³-hybridized carbons (Fsp3) is 0.647. The average molecular weight is 849 g/mol. The SMILES string of the molecule is CCCc1cc(C(F)(F)C(F)(F)C(F)(F)C(F)(F)C(F)(F)C(F)(F)C(F)(F)C(F)(F)C(F)(F)C(F)(F)c2cc(CCC)c(N)c(C3CC3)c2)cc(C2CC2)c1N. The second-order valence-electron chi connectivity index (χ2n) is 14.1. The summed E-state index contributed by atoms with van der Waals surface area (Å²) in [5, 5.41) is 0. The number of halogens is 20. The highest BCUT2D eigenvalue weighted by molar-refractivity contribution is 5.60. The Kier molecular flexibility index (Phi) is 11.0. The summed E-state index contributed by atoms with van der Waals surface area (Å²) in [6.45, 7) is 2.74. The third-order valence-electron chi connectivity index (χ3n) is 9.94. The molecule has 0 atom stereocenters. The quantitative estimate of drug-likeness (QED) is 0.123. The zero-order valence-electron chi connectivity index (χ0n) is 28.8. The van der Waals surface area contributed by atoms with Gasteiger partial charge in [-0.2, -0.15) is 87.8 Å². The molecule has 2 saturated carbocycles. The van der Waals surface area contributed by atoms with Crippen LogP contribution in [0.25, 0.3) is 0 Å². The number of benzene rings is 2. The van der Waals surface area contributed by atoms with Gasteiger partial charge in [0, 0.05) is 22.5 Å². The molecule has 318 valence electrons. The van der Waals surface area contributed by atoms with Crippen LogP contribution in [0, 0.1) is 0 Å². The first-order chi connectivity index (χ1) is 25.1. The molecular weight excluding hydrogens is 816 g/mol. The first kappa shape index (κ1) is 45.3. The number of alkyl halides is 20. The molecule has 0 bridgehead atoms. The maximum absolute atomic E-state index is 15.2. The van der Waals surface area contributed by atoms with Crippen molar-refractivity contribution in [3.05, 3.63) is 57.6 Å². The highest BCUT2D eigenvalue weighted by Crippen LogP contribution is 2.68. The molecule has 0 spiro atoms. The van der Waals surface area contributed by atoms with Crippen LogP contribution in [0.15, 0.2) is 24.3 Å². The number of hydrogen-bond donors (Lipinski definition) is 2. The predicted octanol–water partition coefficient (Wildman–Crippen LogP) is 12.5. The van der Waals surface area contributed by atoms with E-state index < -0.39 is 104 Å². The maximum Gasteiger partial charge on any atom is 0.385 e. The van der Waals surface area contributed by atoms with Crippen molar-refractivity contribution in [1.82, 2.24) is 0 Å². The molecule has 2 aromatic rings. The molecule has 2 fully saturated rings. The largest absolute Gasteiger partial charge is 0.398 e. The third kappa shape index (κ3) is 6.22. The van der Waals surface area contributed by atoms with Crippen molar-refractivity contribution in [2.24, 2.45) is 0 Å². The smallest absolute Gasteiger partial charge is 0.385 e. The van der Waals surface area contributed by atoms with Crippen molar-refractivity contribution >= 4 is 11.4 Å². The molecule has 4 rings (SSSR count). The Labute approximate surface area is 304 Å². The highest BCUT2D eigenvalue weighted by atomic mass is 19.4. The monoisotopic (exact) mass is 848 g/mol. The van der Waals surface area contributed by atoms with E-state index in [2.05, 4.69) is 0 Å². The summed E-state index contributed by atoms with van der Waals surface area (Å²) in [5.74, 6) is -84.5. The topological polar surface area (TPSA) is 52.0 Å². The minimum Gasteiger partial charge on any atom is -0.398 e. The minimum atomic E-state index is -9.11. The third-order valence-corrected chi connectivity index (χ3v) is 9.94. The van der Waals surface area contributed by atoms with Crippen LogP contribution in [-0.2, 0) is 24.7 Å². The number of anilines is 2. The lowest BCUT2D eigenvalue weighted by atomic mass is 9.83. The van der Waals surface area contributed by atoms with Gasteiger partial charge < -0.3 is 11.5 Å². The number of hydrogen-bond acceptors (Lipinski definition) is 2. The summed E-state index contributed by atoms with van der Waals surface area (Å²) in [7, 11) is 0. The number of nitrogen functional groups attached to an aromatic ring is 2. The van der Waals surface area contributed by atoms with E-state index in [1.807, 2.05) is 0 Å². The summed E-state index contributed by atoms with van der Waals surface area (Å²) < 4.78 is 298. The van der Waals surface area contributed by atoms with E-state index in [0.717, 1.165) is 0 Å². The van der Waals surface area contributed by atoms with Gasteiger partial charge in [-0.25, -0.2) is 0 Å². The summed E-state index contributed by atoms with van der Waals surface area (Å²) >= 11 is 0. The Morgan fingerprint density at radius 1 is 0.411 bits per heavy atom. The number of nitrogens with two attached hydrogens (primary N) is 2. The van der Waals surface area contributed by atoms with Gasteiger partial charge in [0.1, 0.15) is 0 Å². The lowest BCUT2D eigenvalue weighted by molar-refractivity contribution is -0.470. The zero-order valence-corrected chi connectivity index (χ0v) is 28.8. The second-order valence-corrected chi connectivity index (χ2v) is 14.1. The van der Waals surface area contributed by atoms with Crippen LogP contribution in [-0.4, -0.2) is 47.4 Å². The fourth-order valence-corrected chi connectivity index (χ4v) is 6.19. The first-order valence-electron chi connectivity index (χ1n) is 16.7. The molecule has 0 radical (unpaired) electrons. The predicted molar refractivity (Wildman–Crippen MR) is 161 cm³/mol. The Hall–Kier alpha value is -3.36. The van der Waals surface area contributed by atoms with Crippen LogP contribution >= 0.6 is 0 Å². The molecule has 0 saturated heterocycles. The van der Waals surface area contributed by atoms with Gasteiger partial charge >= 0.3 is 59.2 Å². The number of aryl methyl sites for hydroxylation is 2. The molecule has 0 amide bonds. The fourth-order valence-electron chi connectivity index (χ4n) is 6.19. The van der Waals surface area contributed by atoms with Crippen LogP contribution < -0.4 is 11.5 Å². The van der Waals surface area contributed by atoms with Crippen molar-refractivity contribution < 1.29 is 87.8 Å². The molecule has 56 heavy (non-hydrogen) atoms. The number of rotatable bonds is 17. The molecule has 0 unspecified atom stereocenters. The summed E-state index contributed by atoms with van der Waals surface area (Å²) in [5.41, 5.74) is 4.46. The lowest BCUT2D eigenvalue weighted by Crippen LogP contribution is -2.76. The van der Waals surface area contributed by atoms with Crippen LogP contribution in [0.3, 0.4) is 0 Å². The minimum absolute atomic E-state index is 0.000456. The standard InChI is InChI=1S/C34H32F20N2/c1-3-5-17-11-19(13-21(23(17)55)15-7-8-15)25(35,36)27(39,40)29(43,44)31(47,48)33(51,52)34(53,54)32(49,50)30(45,46)28(41,42)26(37,38)20-12-18(6-4-2)24(56)22(14-20)16-9-10-16/h11-16H,3-10,55-56H2,1-2H3. The van der Waals surface area contributed by atoms with Crippen molar-refractivity contribution in [2.75, 3.05) is 11.5 Å². The van der Waals surface area contributed by atoms with E-state index in [-0.39, 0.29) is 87.0 Å². The van der Waals surface area contributed by atoms with E-state index in [9.17, 15) is 70.2 Å². The van der Waals surface area contributed by atoms with Crippen LogP contribution in [0.1, 0.15) is 97.6 Å². The molecule has 4 N–H and O–H groups in total. The molecule has 2 aromatic carbocycles. The van der Waals surface area contributed by atoms with Crippen LogP contribution in [0.5, 0.6) is 0 Å². The van der Waals surface area contributed by atoms with E-state index in [1.54, 1.807) is 0 Å². The highest BCUT2D eigenvalue weighted by Gasteiger charge is 2.97. The Bertz CT molecular complexity index is 1660. The Morgan fingerprint density at radius 2 is 0.643 bits per heavy atom. The van der Waals surface area contributed by atoms with Gasteiger partial charge in [0.25, 0.3) is 0 Å². The van der Waals surface area contributed by atoms with Gasteiger partial charge in [-0.05, 0) is 96.9 Å². The van der Waals surface area contributed by atoms with Gasteiger partial charge in [-0.15, -0.1) is 0 Å². The average Bonchev–Trinajstić information content (AvgIpc) is 4.00. The van der Waals surface area contributed by atoms with Crippen molar-refractivity contribution in [3.63, 3.8) is 0 Å². The van der Waals surface area contributed by atoms with Crippen molar-refractivity contribution in [2.45, 2.75) is 136 Å². The zero-order chi connectivity index (χ0) is 43.3. The molecule has 2 aliphatic rings. The Morgan fingerprint density at radius 3 is 0.857 bits per heavy atom. The maximum atomic E-state index is 15.2. The molecule has 0 aliphatic heterocycles.